The fourth-order valence-electron chi connectivity index (χ4n) is 1.21. The SMILES string of the molecule is CNC(CO)CCOc1ccc(F)c(F)c1. The number of halogens is 2. The summed E-state index contributed by atoms with van der Waals surface area (Å²) >= 11 is 0. The lowest BCUT2D eigenvalue weighted by molar-refractivity contribution is 0.214. The lowest BCUT2D eigenvalue weighted by atomic mass is 10.2. The van der Waals surface area contributed by atoms with Crippen molar-refractivity contribution in [3.8, 4) is 5.75 Å². The summed E-state index contributed by atoms with van der Waals surface area (Å²) in [6.45, 7) is 0.342. The minimum Gasteiger partial charge on any atom is -0.493 e. The van der Waals surface area contributed by atoms with Crippen molar-refractivity contribution >= 4 is 0 Å². The number of nitrogens with one attached hydrogen (secondary N) is 1. The van der Waals surface area contributed by atoms with Crippen molar-refractivity contribution in [1.82, 2.24) is 5.32 Å². The Kier molecular flexibility index (Phi) is 5.14. The Morgan fingerprint density at radius 1 is 1.38 bits per heavy atom. The lowest BCUT2D eigenvalue weighted by Gasteiger charge is -2.13. The van der Waals surface area contributed by atoms with Crippen LogP contribution in [0.2, 0.25) is 0 Å². The van der Waals surface area contributed by atoms with Crippen LogP contribution < -0.4 is 10.1 Å². The molecule has 0 heterocycles. The van der Waals surface area contributed by atoms with Crippen LogP contribution in [-0.4, -0.2) is 31.4 Å². The van der Waals surface area contributed by atoms with Crippen molar-refractivity contribution in [2.24, 2.45) is 0 Å². The second-order valence-corrected chi connectivity index (χ2v) is 3.38. The minimum atomic E-state index is -0.926. The van der Waals surface area contributed by atoms with Gasteiger partial charge in [0, 0.05) is 12.1 Å². The molecule has 0 aliphatic heterocycles. The van der Waals surface area contributed by atoms with E-state index in [4.69, 9.17) is 9.84 Å². The first-order chi connectivity index (χ1) is 7.67. The van der Waals surface area contributed by atoms with E-state index in [0.717, 1.165) is 12.1 Å². The van der Waals surface area contributed by atoms with Crippen molar-refractivity contribution in [3.63, 3.8) is 0 Å². The largest absolute Gasteiger partial charge is 0.493 e. The monoisotopic (exact) mass is 231 g/mol. The van der Waals surface area contributed by atoms with E-state index >= 15 is 0 Å². The maximum absolute atomic E-state index is 12.8. The molecule has 1 atom stereocenters. The minimum absolute atomic E-state index is 0.0115. The Morgan fingerprint density at radius 3 is 2.69 bits per heavy atom. The van der Waals surface area contributed by atoms with E-state index in [-0.39, 0.29) is 18.4 Å². The average Bonchev–Trinajstić information content (AvgIpc) is 2.29. The highest BCUT2D eigenvalue weighted by atomic mass is 19.2. The molecule has 3 nitrogen and oxygen atoms in total. The molecule has 0 saturated carbocycles. The quantitative estimate of drug-likeness (QED) is 0.775. The first-order valence-electron chi connectivity index (χ1n) is 5.03. The van der Waals surface area contributed by atoms with E-state index < -0.39 is 11.6 Å². The van der Waals surface area contributed by atoms with Crippen LogP contribution in [0.4, 0.5) is 8.78 Å². The molecule has 2 N–H and O–H groups in total. The summed E-state index contributed by atoms with van der Waals surface area (Å²) < 4.78 is 30.6. The molecule has 0 spiro atoms. The van der Waals surface area contributed by atoms with Crippen LogP contribution in [0.25, 0.3) is 0 Å². The molecule has 0 saturated heterocycles. The fourth-order valence-corrected chi connectivity index (χ4v) is 1.21. The van der Waals surface area contributed by atoms with E-state index in [0.29, 0.717) is 13.0 Å². The summed E-state index contributed by atoms with van der Waals surface area (Å²) in [5.74, 6) is -1.53. The van der Waals surface area contributed by atoms with Crippen LogP contribution in [0.15, 0.2) is 18.2 Å². The number of rotatable bonds is 6. The average molecular weight is 231 g/mol. The molecule has 0 fully saturated rings. The smallest absolute Gasteiger partial charge is 0.162 e. The molecule has 0 aromatic heterocycles. The molecule has 5 heteroatoms. The zero-order valence-corrected chi connectivity index (χ0v) is 9.04. The predicted molar refractivity (Wildman–Crippen MR) is 56.4 cm³/mol. The third kappa shape index (κ3) is 3.75. The molecule has 0 aliphatic rings. The van der Waals surface area contributed by atoms with Gasteiger partial charge >= 0.3 is 0 Å². The molecule has 0 amide bonds. The van der Waals surface area contributed by atoms with Crippen molar-refractivity contribution in [3.05, 3.63) is 29.8 Å². The Labute approximate surface area is 93.0 Å². The number of ether oxygens (including phenoxy) is 1. The summed E-state index contributed by atoms with van der Waals surface area (Å²) in [5, 5.41) is 11.8. The third-order valence-corrected chi connectivity index (χ3v) is 2.25. The van der Waals surface area contributed by atoms with E-state index in [9.17, 15) is 8.78 Å². The van der Waals surface area contributed by atoms with Gasteiger partial charge in [0.25, 0.3) is 0 Å². The van der Waals surface area contributed by atoms with Gasteiger partial charge < -0.3 is 15.2 Å². The number of benzene rings is 1. The third-order valence-electron chi connectivity index (χ3n) is 2.25. The maximum atomic E-state index is 12.8. The zero-order chi connectivity index (χ0) is 12.0. The van der Waals surface area contributed by atoms with Gasteiger partial charge in [0.15, 0.2) is 11.6 Å². The molecule has 90 valence electrons. The molecule has 1 unspecified atom stereocenters. The zero-order valence-electron chi connectivity index (χ0n) is 9.04. The van der Waals surface area contributed by atoms with Crippen molar-refractivity contribution in [1.29, 1.82) is 0 Å². The first kappa shape index (κ1) is 12.9. The van der Waals surface area contributed by atoms with Crippen molar-refractivity contribution < 1.29 is 18.6 Å². The highest BCUT2D eigenvalue weighted by Crippen LogP contribution is 2.15. The Bertz CT molecular complexity index is 330. The number of aliphatic hydroxyl groups excluding tert-OH is 1. The number of likely N-dealkylation sites (N-methyl/N-ethyl adjacent to an activating group) is 1. The second kappa shape index (κ2) is 6.40. The molecule has 16 heavy (non-hydrogen) atoms. The van der Waals surface area contributed by atoms with Gasteiger partial charge in [-0.1, -0.05) is 0 Å². The number of aliphatic hydroxyl groups is 1. The van der Waals surface area contributed by atoms with Gasteiger partial charge in [-0.15, -0.1) is 0 Å². The van der Waals surface area contributed by atoms with Crippen LogP contribution in [0.5, 0.6) is 5.75 Å². The molecule has 0 aliphatic carbocycles. The Hall–Kier alpha value is -1.20. The summed E-state index contributed by atoms with van der Waals surface area (Å²) in [6.07, 6.45) is 0.589. The lowest BCUT2D eigenvalue weighted by Crippen LogP contribution is -2.30. The van der Waals surface area contributed by atoms with Gasteiger partial charge in [-0.05, 0) is 25.6 Å². The van der Waals surface area contributed by atoms with Crippen LogP contribution >= 0.6 is 0 Å². The van der Waals surface area contributed by atoms with Gasteiger partial charge in [0.2, 0.25) is 0 Å². The second-order valence-electron chi connectivity index (χ2n) is 3.38. The summed E-state index contributed by atoms with van der Waals surface area (Å²) in [6, 6.07) is 3.34. The fraction of sp³-hybridized carbons (Fsp3) is 0.455. The van der Waals surface area contributed by atoms with Crippen LogP contribution in [0.3, 0.4) is 0 Å². The van der Waals surface area contributed by atoms with Crippen molar-refractivity contribution in [2.45, 2.75) is 12.5 Å². The standard InChI is InChI=1S/C11H15F2NO2/c1-14-8(7-15)4-5-16-9-2-3-10(12)11(13)6-9/h2-3,6,8,14-15H,4-5,7H2,1H3. The maximum Gasteiger partial charge on any atom is 0.162 e. The molecule has 1 aromatic carbocycles. The number of hydrogen-bond donors (Lipinski definition) is 2. The van der Waals surface area contributed by atoms with Gasteiger partial charge in [-0.25, -0.2) is 8.78 Å². The number of hydrogen-bond acceptors (Lipinski definition) is 3. The molecule has 0 radical (unpaired) electrons. The van der Waals surface area contributed by atoms with Crippen molar-refractivity contribution in [2.75, 3.05) is 20.3 Å². The van der Waals surface area contributed by atoms with Crippen LogP contribution in [-0.2, 0) is 0 Å². The molecule has 0 bridgehead atoms. The highest BCUT2D eigenvalue weighted by molar-refractivity contribution is 5.23. The summed E-state index contributed by atoms with van der Waals surface area (Å²) in [4.78, 5) is 0. The van der Waals surface area contributed by atoms with Crippen LogP contribution in [0, 0.1) is 11.6 Å². The predicted octanol–water partition coefficient (Wildman–Crippen LogP) is 1.31. The van der Waals surface area contributed by atoms with E-state index in [1.165, 1.54) is 6.07 Å². The molecular formula is C11H15F2NO2. The van der Waals surface area contributed by atoms with E-state index in [1.54, 1.807) is 7.05 Å². The highest BCUT2D eigenvalue weighted by Gasteiger charge is 2.06. The van der Waals surface area contributed by atoms with Gasteiger partial charge in [-0.2, -0.15) is 0 Å². The Morgan fingerprint density at radius 2 is 2.12 bits per heavy atom. The van der Waals surface area contributed by atoms with E-state index in [1.807, 2.05) is 0 Å². The van der Waals surface area contributed by atoms with E-state index in [2.05, 4.69) is 5.32 Å². The Balaban J connectivity index is 2.40. The van der Waals surface area contributed by atoms with Gasteiger partial charge in [-0.3, -0.25) is 0 Å². The van der Waals surface area contributed by atoms with Gasteiger partial charge in [0.05, 0.1) is 13.2 Å². The molecule has 1 rings (SSSR count). The summed E-state index contributed by atoms with van der Waals surface area (Å²) in [7, 11) is 1.73. The topological polar surface area (TPSA) is 41.5 Å². The molecular weight excluding hydrogens is 216 g/mol. The first-order valence-corrected chi connectivity index (χ1v) is 5.03. The van der Waals surface area contributed by atoms with Gasteiger partial charge in [0.1, 0.15) is 5.75 Å². The normalized spacial score (nSPS) is 12.5. The van der Waals surface area contributed by atoms with Crippen LogP contribution in [0.1, 0.15) is 6.42 Å². The summed E-state index contributed by atoms with van der Waals surface area (Å²) in [5.41, 5.74) is 0. The molecule has 1 aromatic rings.